The molecule has 0 atom stereocenters. The number of anilines is 3. The highest BCUT2D eigenvalue weighted by Gasteiger charge is 2.51. The Morgan fingerprint density at radius 1 is 1.03 bits per heavy atom. The smallest absolute Gasteiger partial charge is 0.367 e. The summed E-state index contributed by atoms with van der Waals surface area (Å²) in [5.74, 6) is 0.00789. The third kappa shape index (κ3) is 6.16. The molecule has 1 aromatic carbocycles. The van der Waals surface area contributed by atoms with E-state index in [9.17, 15) is 22.8 Å². The van der Waals surface area contributed by atoms with Crippen LogP contribution >= 0.6 is 11.6 Å². The monoisotopic (exact) mass is 544 g/mol. The molecule has 5 rings (SSSR count). The molecule has 198 valence electrons. The highest BCUT2D eigenvalue weighted by atomic mass is 35.5. The van der Waals surface area contributed by atoms with Crippen molar-refractivity contribution >= 4 is 40.6 Å². The molecule has 38 heavy (non-hydrogen) atoms. The topological polar surface area (TPSA) is 108 Å². The fraction of sp³-hybridized carbons (Fsp3) is 0.308. The molecular weight excluding hydrogens is 521 g/mol. The average molecular weight is 545 g/mol. The average Bonchev–Trinajstić information content (AvgIpc) is 3.82. The summed E-state index contributed by atoms with van der Waals surface area (Å²) in [4.78, 5) is 33.9. The largest absolute Gasteiger partial charge is 0.418 e. The number of rotatable bonds is 9. The van der Waals surface area contributed by atoms with E-state index in [0.29, 0.717) is 41.6 Å². The summed E-state index contributed by atoms with van der Waals surface area (Å²) in [5.41, 5.74) is -0.817. The van der Waals surface area contributed by atoms with Gasteiger partial charge in [-0.15, -0.1) is 0 Å². The normalized spacial score (nSPS) is 15.9. The van der Waals surface area contributed by atoms with E-state index in [1.54, 1.807) is 24.3 Å². The van der Waals surface area contributed by atoms with Crippen LogP contribution in [-0.4, -0.2) is 33.4 Å². The van der Waals surface area contributed by atoms with Gasteiger partial charge in [-0.25, -0.2) is 4.98 Å². The molecule has 2 aliphatic carbocycles. The molecule has 2 aromatic heterocycles. The number of hydrogen-bond donors (Lipinski definition) is 4. The minimum Gasteiger partial charge on any atom is -0.367 e. The van der Waals surface area contributed by atoms with Crippen LogP contribution in [0.2, 0.25) is 5.02 Å². The van der Waals surface area contributed by atoms with Crippen molar-refractivity contribution in [3.05, 3.63) is 76.7 Å². The number of nitrogens with one attached hydrogen (secondary N) is 4. The molecule has 8 nitrogen and oxygen atoms in total. The zero-order chi connectivity index (χ0) is 26.9. The van der Waals surface area contributed by atoms with Gasteiger partial charge in [0, 0.05) is 17.3 Å². The molecule has 0 radical (unpaired) electrons. The second kappa shape index (κ2) is 10.1. The van der Waals surface area contributed by atoms with Crippen molar-refractivity contribution in [1.82, 2.24) is 20.6 Å². The molecule has 0 saturated heterocycles. The summed E-state index contributed by atoms with van der Waals surface area (Å²) < 4.78 is 40.0. The van der Waals surface area contributed by atoms with Crippen LogP contribution in [0.3, 0.4) is 0 Å². The lowest BCUT2D eigenvalue weighted by Gasteiger charge is -2.17. The standard InChI is InChI=1S/C26H24ClF3N6O2/c27-16-2-7-21(20(11-16)26(28,29)30)34-19-6-5-18(31-14-19)13-33-24(38)25(9-10-25)36-23(37)15-1-8-22(32-12-15)35-17-3-4-17/h1-2,5-8,11-12,14,17,34H,3-4,9-10,13H2,(H,32,35)(H,33,38)(H,36,37). The van der Waals surface area contributed by atoms with Gasteiger partial charge in [-0.1, -0.05) is 11.6 Å². The van der Waals surface area contributed by atoms with E-state index in [2.05, 4.69) is 31.2 Å². The minimum atomic E-state index is -4.58. The van der Waals surface area contributed by atoms with E-state index in [-0.39, 0.29) is 29.1 Å². The Labute approximate surface area is 221 Å². The van der Waals surface area contributed by atoms with Crippen LogP contribution in [0.4, 0.5) is 30.4 Å². The van der Waals surface area contributed by atoms with Crippen LogP contribution in [-0.2, 0) is 17.5 Å². The third-order valence-electron chi connectivity index (χ3n) is 6.31. The molecule has 2 heterocycles. The molecule has 2 aliphatic rings. The van der Waals surface area contributed by atoms with E-state index < -0.39 is 17.3 Å². The Kier molecular flexibility index (Phi) is 6.87. The molecule has 2 amide bonds. The maximum absolute atomic E-state index is 13.3. The van der Waals surface area contributed by atoms with Crippen LogP contribution in [0.25, 0.3) is 0 Å². The molecule has 0 aliphatic heterocycles. The molecule has 2 fully saturated rings. The van der Waals surface area contributed by atoms with Gasteiger partial charge in [0.1, 0.15) is 11.4 Å². The molecule has 0 unspecified atom stereocenters. The number of halogens is 4. The summed E-state index contributed by atoms with van der Waals surface area (Å²) in [7, 11) is 0. The number of nitrogens with zero attached hydrogens (tertiary/aromatic N) is 2. The van der Waals surface area contributed by atoms with Gasteiger partial charge in [0.2, 0.25) is 5.91 Å². The predicted molar refractivity (Wildman–Crippen MR) is 136 cm³/mol. The summed E-state index contributed by atoms with van der Waals surface area (Å²) in [5, 5.41) is 11.5. The second-order valence-electron chi connectivity index (χ2n) is 9.42. The number of hydrogen-bond acceptors (Lipinski definition) is 6. The number of amides is 2. The fourth-order valence-corrected chi connectivity index (χ4v) is 4.00. The third-order valence-corrected chi connectivity index (χ3v) is 6.55. The summed E-state index contributed by atoms with van der Waals surface area (Å²) in [6.07, 6.45) is 1.53. The van der Waals surface area contributed by atoms with Gasteiger partial charge >= 0.3 is 6.18 Å². The van der Waals surface area contributed by atoms with Gasteiger partial charge in [-0.3, -0.25) is 14.6 Å². The van der Waals surface area contributed by atoms with Crippen LogP contribution in [0.15, 0.2) is 54.9 Å². The SMILES string of the molecule is O=C(NC1(C(=O)NCc2ccc(Nc3ccc(Cl)cc3C(F)(F)F)cn2)CC1)c1ccc(NC2CC2)nc1. The van der Waals surface area contributed by atoms with Crippen LogP contribution in [0.5, 0.6) is 0 Å². The van der Waals surface area contributed by atoms with Gasteiger partial charge in [0.15, 0.2) is 0 Å². The molecule has 4 N–H and O–H groups in total. The van der Waals surface area contributed by atoms with Crippen molar-refractivity contribution in [1.29, 1.82) is 0 Å². The number of benzene rings is 1. The van der Waals surface area contributed by atoms with Gasteiger partial charge in [0.05, 0.1) is 40.9 Å². The lowest BCUT2D eigenvalue weighted by Crippen LogP contribution is -2.48. The lowest BCUT2D eigenvalue weighted by molar-refractivity contribution is -0.137. The Morgan fingerprint density at radius 2 is 1.82 bits per heavy atom. The Morgan fingerprint density at radius 3 is 2.42 bits per heavy atom. The minimum absolute atomic E-state index is 0.0209. The van der Waals surface area contributed by atoms with Gasteiger partial charge in [-0.05, 0) is 68.1 Å². The molecular formula is C26H24ClF3N6O2. The fourth-order valence-electron chi connectivity index (χ4n) is 3.83. The highest BCUT2D eigenvalue weighted by molar-refractivity contribution is 6.30. The lowest BCUT2D eigenvalue weighted by atomic mass is 10.1. The van der Waals surface area contributed by atoms with Crippen molar-refractivity contribution in [2.45, 2.75) is 50.0 Å². The first-order chi connectivity index (χ1) is 18.1. The number of aromatic nitrogens is 2. The molecule has 2 saturated carbocycles. The number of carbonyl (C=O) groups excluding carboxylic acids is 2. The second-order valence-corrected chi connectivity index (χ2v) is 9.86. The first kappa shape index (κ1) is 25.8. The summed E-state index contributed by atoms with van der Waals surface area (Å²) in [6, 6.07) is 10.5. The highest BCUT2D eigenvalue weighted by Crippen LogP contribution is 2.38. The van der Waals surface area contributed by atoms with E-state index in [4.69, 9.17) is 11.6 Å². The molecule has 0 bridgehead atoms. The van der Waals surface area contributed by atoms with Gasteiger partial charge in [-0.2, -0.15) is 13.2 Å². The zero-order valence-electron chi connectivity index (χ0n) is 20.0. The summed E-state index contributed by atoms with van der Waals surface area (Å²) >= 11 is 5.72. The van der Waals surface area contributed by atoms with Crippen molar-refractivity contribution in [2.24, 2.45) is 0 Å². The maximum Gasteiger partial charge on any atom is 0.418 e. The van der Waals surface area contributed by atoms with Gasteiger partial charge in [0.25, 0.3) is 5.91 Å². The van der Waals surface area contributed by atoms with Crippen molar-refractivity contribution < 1.29 is 22.8 Å². The van der Waals surface area contributed by atoms with E-state index in [0.717, 1.165) is 18.9 Å². The predicted octanol–water partition coefficient (Wildman–Crippen LogP) is 5.05. The van der Waals surface area contributed by atoms with Crippen LogP contribution < -0.4 is 21.3 Å². The Hall–Kier alpha value is -3.86. The quantitative estimate of drug-likeness (QED) is 0.300. The van der Waals surface area contributed by atoms with Crippen LogP contribution in [0, 0.1) is 0 Å². The van der Waals surface area contributed by atoms with Crippen molar-refractivity contribution in [3.8, 4) is 0 Å². The number of alkyl halides is 3. The maximum atomic E-state index is 13.3. The van der Waals surface area contributed by atoms with E-state index in [1.807, 2.05) is 0 Å². The van der Waals surface area contributed by atoms with E-state index >= 15 is 0 Å². The van der Waals surface area contributed by atoms with E-state index in [1.165, 1.54) is 24.5 Å². The Bertz CT molecular complexity index is 1340. The molecule has 0 spiro atoms. The van der Waals surface area contributed by atoms with Crippen LogP contribution in [0.1, 0.15) is 47.3 Å². The van der Waals surface area contributed by atoms with Crippen molar-refractivity contribution in [3.63, 3.8) is 0 Å². The first-order valence-corrected chi connectivity index (χ1v) is 12.4. The molecule has 12 heteroatoms. The van der Waals surface area contributed by atoms with Gasteiger partial charge < -0.3 is 21.3 Å². The van der Waals surface area contributed by atoms with Crippen molar-refractivity contribution in [2.75, 3.05) is 10.6 Å². The zero-order valence-corrected chi connectivity index (χ0v) is 20.8. The Balaban J connectivity index is 1.15. The molecule has 3 aromatic rings. The number of carbonyl (C=O) groups is 2. The number of pyridine rings is 2. The summed E-state index contributed by atoms with van der Waals surface area (Å²) in [6.45, 7) is 0.0918. The first-order valence-electron chi connectivity index (χ1n) is 12.0.